The van der Waals surface area contributed by atoms with E-state index in [-0.39, 0.29) is 5.69 Å². The van der Waals surface area contributed by atoms with E-state index in [9.17, 15) is 9.59 Å². The summed E-state index contributed by atoms with van der Waals surface area (Å²) >= 11 is 1.06. The first-order valence-electron chi connectivity index (χ1n) is 7.63. The molecule has 1 aliphatic rings. The van der Waals surface area contributed by atoms with Gasteiger partial charge in [-0.15, -0.1) is 0 Å². The minimum absolute atomic E-state index is 0.184. The highest BCUT2D eigenvalue weighted by atomic mass is 32.1. The van der Waals surface area contributed by atoms with Gasteiger partial charge in [0.2, 0.25) is 5.06 Å². The molecule has 3 aromatic rings. The minimum atomic E-state index is -0.422. The lowest BCUT2D eigenvalue weighted by Gasteiger charge is -1.98. The van der Waals surface area contributed by atoms with Gasteiger partial charge in [-0.05, 0) is 24.6 Å². The first-order chi connectivity index (χ1) is 12.7. The third-order valence-corrected chi connectivity index (χ3v) is 4.31. The van der Waals surface area contributed by atoms with Gasteiger partial charge in [-0.25, -0.2) is 9.97 Å². The number of benzene rings is 1. The summed E-state index contributed by atoms with van der Waals surface area (Å²) in [7, 11) is 0. The van der Waals surface area contributed by atoms with Crippen LogP contribution in [0.25, 0.3) is 0 Å². The maximum atomic E-state index is 11.7. The van der Waals surface area contributed by atoms with Crippen molar-refractivity contribution in [3.8, 4) is 5.06 Å². The van der Waals surface area contributed by atoms with Crippen molar-refractivity contribution in [1.29, 1.82) is 0 Å². The summed E-state index contributed by atoms with van der Waals surface area (Å²) in [5, 5.41) is 6.45. The summed E-state index contributed by atoms with van der Waals surface area (Å²) in [5.74, 6) is -0.422. The Bertz CT molecular complexity index is 895. The number of aryl methyl sites for hydroxylation is 1. The molecule has 0 unspecified atom stereocenters. The number of amides is 1. The van der Waals surface area contributed by atoms with E-state index in [1.54, 1.807) is 6.92 Å². The van der Waals surface area contributed by atoms with Crippen LogP contribution < -0.4 is 15.4 Å². The Morgan fingerprint density at radius 1 is 1.38 bits per heavy atom. The standard InChI is InChI=1S/C10H8N4O3S.C7H7N/c1-6-9(17-5-15)18-10(13-6)14-8(16)7-4-11-2-3-12-7;1-2-6-4-7(3-1)8-5-6/h2-5H,1H3,(H,13,14,16);1-4,8H,5H2. The fourth-order valence-corrected chi connectivity index (χ4v) is 2.94. The van der Waals surface area contributed by atoms with Crippen LogP contribution in [0.3, 0.4) is 0 Å². The number of hydrogen-bond acceptors (Lipinski definition) is 8. The minimum Gasteiger partial charge on any atom is -0.416 e. The number of ether oxygens (including phenoxy) is 1. The van der Waals surface area contributed by atoms with Crippen molar-refractivity contribution in [2.24, 2.45) is 0 Å². The van der Waals surface area contributed by atoms with E-state index < -0.39 is 5.91 Å². The number of anilines is 2. The van der Waals surface area contributed by atoms with E-state index in [0.29, 0.717) is 22.4 Å². The second kappa shape index (κ2) is 8.17. The lowest BCUT2D eigenvalue weighted by molar-refractivity contribution is -0.120. The number of fused-ring (bicyclic) bond motifs is 2. The maximum Gasteiger partial charge on any atom is 0.299 e. The number of nitrogens with zero attached hydrogens (tertiary/aromatic N) is 3. The van der Waals surface area contributed by atoms with Gasteiger partial charge < -0.3 is 10.1 Å². The van der Waals surface area contributed by atoms with Crippen molar-refractivity contribution in [3.05, 3.63) is 59.8 Å². The monoisotopic (exact) mass is 369 g/mol. The lowest BCUT2D eigenvalue weighted by atomic mass is 10.2. The van der Waals surface area contributed by atoms with Crippen molar-refractivity contribution < 1.29 is 14.3 Å². The van der Waals surface area contributed by atoms with Crippen LogP contribution in [0, 0.1) is 6.92 Å². The van der Waals surface area contributed by atoms with Gasteiger partial charge in [0, 0.05) is 24.6 Å². The van der Waals surface area contributed by atoms with Crippen molar-refractivity contribution in [2.45, 2.75) is 13.5 Å². The Balaban J connectivity index is 0.000000201. The molecule has 9 heteroatoms. The zero-order valence-corrected chi connectivity index (χ0v) is 14.6. The molecular weight excluding hydrogens is 354 g/mol. The van der Waals surface area contributed by atoms with Crippen molar-refractivity contribution in [2.75, 3.05) is 10.6 Å². The van der Waals surface area contributed by atoms with Crippen molar-refractivity contribution in [1.82, 2.24) is 15.0 Å². The third kappa shape index (κ3) is 4.39. The molecule has 0 aliphatic carbocycles. The number of rotatable bonds is 4. The Kier molecular flexibility index (Phi) is 5.49. The second-order valence-corrected chi connectivity index (χ2v) is 6.17. The van der Waals surface area contributed by atoms with Gasteiger partial charge in [-0.1, -0.05) is 23.5 Å². The zero-order valence-electron chi connectivity index (χ0n) is 13.8. The molecule has 3 heterocycles. The molecule has 8 nitrogen and oxygen atoms in total. The quantitative estimate of drug-likeness (QED) is 0.681. The van der Waals surface area contributed by atoms with Crippen molar-refractivity contribution in [3.63, 3.8) is 0 Å². The van der Waals surface area contributed by atoms with Crippen LogP contribution in [0.4, 0.5) is 10.8 Å². The molecule has 1 aromatic carbocycles. The van der Waals surface area contributed by atoms with Gasteiger partial charge in [0.15, 0.2) is 5.13 Å². The highest BCUT2D eigenvalue weighted by molar-refractivity contribution is 7.17. The van der Waals surface area contributed by atoms with Gasteiger partial charge in [0.1, 0.15) is 5.69 Å². The largest absolute Gasteiger partial charge is 0.416 e. The maximum absolute atomic E-state index is 11.7. The van der Waals surface area contributed by atoms with Gasteiger partial charge in [0.25, 0.3) is 12.4 Å². The van der Waals surface area contributed by atoms with E-state index in [1.807, 2.05) is 0 Å². The molecule has 0 fully saturated rings. The highest BCUT2D eigenvalue weighted by Crippen LogP contribution is 2.29. The average molecular weight is 369 g/mol. The molecule has 2 N–H and O–H groups in total. The molecule has 0 atom stereocenters. The number of nitrogens with one attached hydrogen (secondary N) is 2. The van der Waals surface area contributed by atoms with E-state index in [0.717, 1.165) is 17.9 Å². The van der Waals surface area contributed by atoms with Crippen LogP contribution in [0.1, 0.15) is 21.7 Å². The molecule has 0 spiro atoms. The Morgan fingerprint density at radius 2 is 2.27 bits per heavy atom. The van der Waals surface area contributed by atoms with Gasteiger partial charge in [0.05, 0.1) is 11.9 Å². The number of hydrogen-bond donors (Lipinski definition) is 2. The van der Waals surface area contributed by atoms with Crippen molar-refractivity contribution >= 4 is 34.5 Å². The van der Waals surface area contributed by atoms with E-state index >= 15 is 0 Å². The molecule has 1 aliphatic heterocycles. The molecular formula is C17H15N5O3S. The topological polar surface area (TPSA) is 106 Å². The summed E-state index contributed by atoms with van der Waals surface area (Å²) in [6.45, 7) is 3.00. The number of carbonyl (C=O) groups is 2. The first kappa shape index (κ1) is 17.5. The molecule has 1 amide bonds. The van der Waals surface area contributed by atoms with E-state index in [2.05, 4.69) is 49.9 Å². The fraction of sp³-hybridized carbons (Fsp3) is 0.118. The number of aromatic nitrogens is 3. The predicted octanol–water partition coefficient (Wildman–Crippen LogP) is 2.64. The summed E-state index contributed by atoms with van der Waals surface area (Å²) < 4.78 is 4.70. The summed E-state index contributed by atoms with van der Waals surface area (Å²) in [6.07, 6.45) is 4.24. The molecule has 132 valence electrons. The van der Waals surface area contributed by atoms with Crippen LogP contribution in [0.5, 0.6) is 5.06 Å². The smallest absolute Gasteiger partial charge is 0.299 e. The third-order valence-electron chi connectivity index (χ3n) is 3.35. The van der Waals surface area contributed by atoms with E-state index in [1.165, 1.54) is 29.8 Å². The van der Waals surface area contributed by atoms with Gasteiger partial charge in [-0.2, -0.15) is 0 Å². The second-order valence-electron chi connectivity index (χ2n) is 5.20. The lowest BCUT2D eigenvalue weighted by Crippen LogP contribution is -2.13. The Hall–Kier alpha value is -3.33. The number of thiazole rings is 1. The van der Waals surface area contributed by atoms with Crippen LogP contribution in [0.2, 0.25) is 0 Å². The summed E-state index contributed by atoms with van der Waals surface area (Å²) in [4.78, 5) is 33.7. The molecule has 0 radical (unpaired) electrons. The van der Waals surface area contributed by atoms with Gasteiger partial charge in [-0.3, -0.25) is 19.9 Å². The SMILES string of the molecule is Cc1nc(NC(=O)c2cnccn2)sc1OC=O.c1cc2cc(c1)NC2. The molecule has 0 saturated heterocycles. The van der Waals surface area contributed by atoms with E-state index in [4.69, 9.17) is 4.74 Å². The zero-order chi connectivity index (χ0) is 18.4. The highest BCUT2D eigenvalue weighted by Gasteiger charge is 2.13. The van der Waals surface area contributed by atoms with Crippen LogP contribution in [-0.2, 0) is 11.3 Å². The molecule has 0 saturated carbocycles. The summed E-state index contributed by atoms with van der Waals surface area (Å²) in [6, 6.07) is 8.45. The molecule has 2 bridgehead atoms. The van der Waals surface area contributed by atoms with Crippen LogP contribution in [-0.4, -0.2) is 27.3 Å². The fourth-order valence-electron chi connectivity index (χ4n) is 2.16. The molecule has 26 heavy (non-hydrogen) atoms. The molecule has 4 rings (SSSR count). The summed E-state index contributed by atoms with van der Waals surface area (Å²) in [5.41, 5.74) is 3.36. The number of carbonyl (C=O) groups excluding carboxylic acids is 2. The van der Waals surface area contributed by atoms with Gasteiger partial charge >= 0.3 is 0 Å². The molecule has 2 aromatic heterocycles. The predicted molar refractivity (Wildman–Crippen MR) is 97.3 cm³/mol. The Labute approximate surface area is 153 Å². The normalized spacial score (nSPS) is 11.0. The first-order valence-corrected chi connectivity index (χ1v) is 8.45. The van der Waals surface area contributed by atoms with Crippen LogP contribution >= 0.6 is 11.3 Å². The Morgan fingerprint density at radius 3 is 2.96 bits per heavy atom. The average Bonchev–Trinajstić information content (AvgIpc) is 3.17. The van der Waals surface area contributed by atoms with Crippen LogP contribution in [0.15, 0.2) is 42.9 Å².